The molecule has 4 aromatic rings. The molecule has 2 aromatic carbocycles. The number of benzene rings is 2. The predicted molar refractivity (Wildman–Crippen MR) is 117 cm³/mol. The minimum atomic E-state index is -0.489. The van der Waals surface area contributed by atoms with Crippen LogP contribution in [0.1, 0.15) is 17.3 Å². The number of aromatic nitrogens is 2. The fourth-order valence-electron chi connectivity index (χ4n) is 3.25. The number of hydrogen-bond donors (Lipinski definition) is 3. The number of para-hydroxylation sites is 2. The van der Waals surface area contributed by atoms with Crippen molar-refractivity contribution < 1.29 is 14.3 Å². The van der Waals surface area contributed by atoms with Gasteiger partial charge in [-0.25, -0.2) is 9.59 Å². The molecule has 4 rings (SSSR count). The number of fused-ring (bicyclic) bond motifs is 1. The maximum absolute atomic E-state index is 12.8. The predicted octanol–water partition coefficient (Wildman–Crippen LogP) is 5.05. The molecule has 2 heterocycles. The number of hydrogen-bond acceptors (Lipinski definition) is 4. The van der Waals surface area contributed by atoms with E-state index in [0.29, 0.717) is 16.9 Å². The SMILES string of the molecule is CCOC(=O)c1ccccc1NC(=O)Nc1c(-c2cccnc2)[nH]c2ccccc12. The molecule has 0 aliphatic rings. The molecule has 30 heavy (non-hydrogen) atoms. The van der Waals surface area contributed by atoms with Crippen molar-refractivity contribution in [3.05, 3.63) is 78.6 Å². The molecular formula is C23H20N4O3. The Labute approximate surface area is 173 Å². The Morgan fingerprint density at radius 3 is 2.60 bits per heavy atom. The summed E-state index contributed by atoms with van der Waals surface area (Å²) in [6.07, 6.45) is 3.42. The van der Waals surface area contributed by atoms with E-state index in [2.05, 4.69) is 20.6 Å². The summed E-state index contributed by atoms with van der Waals surface area (Å²) >= 11 is 0. The molecule has 7 heteroatoms. The van der Waals surface area contributed by atoms with Crippen molar-refractivity contribution in [2.45, 2.75) is 6.92 Å². The number of esters is 1. The summed E-state index contributed by atoms with van der Waals surface area (Å²) in [6, 6.07) is 17.7. The number of nitrogens with one attached hydrogen (secondary N) is 3. The summed E-state index contributed by atoms with van der Waals surface area (Å²) < 4.78 is 5.07. The van der Waals surface area contributed by atoms with Crippen LogP contribution in [0, 0.1) is 0 Å². The monoisotopic (exact) mass is 400 g/mol. The number of ether oxygens (including phenoxy) is 1. The van der Waals surface area contributed by atoms with E-state index in [1.807, 2.05) is 36.4 Å². The third-order valence-corrected chi connectivity index (χ3v) is 4.57. The highest BCUT2D eigenvalue weighted by molar-refractivity contribution is 6.12. The fourth-order valence-corrected chi connectivity index (χ4v) is 3.25. The highest BCUT2D eigenvalue weighted by atomic mass is 16.5. The molecule has 0 aliphatic heterocycles. The van der Waals surface area contributed by atoms with Gasteiger partial charge in [0.05, 0.1) is 29.2 Å². The summed E-state index contributed by atoms with van der Waals surface area (Å²) in [5.74, 6) is -0.489. The largest absolute Gasteiger partial charge is 0.462 e. The van der Waals surface area contributed by atoms with Gasteiger partial charge >= 0.3 is 12.0 Å². The van der Waals surface area contributed by atoms with Gasteiger partial charge in [0.2, 0.25) is 0 Å². The molecule has 0 aliphatic carbocycles. The topological polar surface area (TPSA) is 96.1 Å². The molecule has 0 bridgehead atoms. The zero-order chi connectivity index (χ0) is 20.9. The third-order valence-electron chi connectivity index (χ3n) is 4.57. The van der Waals surface area contributed by atoms with Crippen LogP contribution in [0.2, 0.25) is 0 Å². The molecule has 0 atom stereocenters. The molecule has 2 aromatic heterocycles. The van der Waals surface area contributed by atoms with Crippen molar-refractivity contribution in [3.63, 3.8) is 0 Å². The normalized spacial score (nSPS) is 10.6. The van der Waals surface area contributed by atoms with Gasteiger partial charge in [-0.1, -0.05) is 30.3 Å². The van der Waals surface area contributed by atoms with Gasteiger partial charge in [0.25, 0.3) is 0 Å². The Kier molecular flexibility index (Phi) is 5.43. The van der Waals surface area contributed by atoms with Crippen molar-refractivity contribution in [1.29, 1.82) is 0 Å². The van der Waals surface area contributed by atoms with Crippen molar-refractivity contribution in [3.8, 4) is 11.3 Å². The Morgan fingerprint density at radius 2 is 1.80 bits per heavy atom. The lowest BCUT2D eigenvalue weighted by molar-refractivity contribution is 0.0527. The van der Waals surface area contributed by atoms with Crippen LogP contribution in [0.25, 0.3) is 22.2 Å². The maximum atomic E-state index is 12.8. The number of nitrogens with zero attached hydrogens (tertiary/aromatic N) is 1. The number of amides is 2. The van der Waals surface area contributed by atoms with Crippen molar-refractivity contribution in [2.75, 3.05) is 17.2 Å². The highest BCUT2D eigenvalue weighted by Crippen LogP contribution is 2.34. The summed E-state index contributed by atoms with van der Waals surface area (Å²) in [6.45, 7) is 1.99. The van der Waals surface area contributed by atoms with E-state index in [9.17, 15) is 9.59 Å². The number of anilines is 2. The third kappa shape index (κ3) is 3.86. The van der Waals surface area contributed by atoms with E-state index in [-0.39, 0.29) is 6.61 Å². The first-order valence-electron chi connectivity index (χ1n) is 9.52. The number of rotatable bonds is 5. The first kappa shape index (κ1) is 19.2. The lowest BCUT2D eigenvalue weighted by atomic mass is 10.1. The quantitative estimate of drug-likeness (QED) is 0.408. The van der Waals surface area contributed by atoms with Gasteiger partial charge in [-0.05, 0) is 37.3 Å². The Morgan fingerprint density at radius 1 is 1.00 bits per heavy atom. The lowest BCUT2D eigenvalue weighted by Gasteiger charge is -2.12. The minimum Gasteiger partial charge on any atom is -0.462 e. The average Bonchev–Trinajstić information content (AvgIpc) is 3.13. The van der Waals surface area contributed by atoms with Gasteiger partial charge in [-0.15, -0.1) is 0 Å². The summed E-state index contributed by atoms with van der Waals surface area (Å²) in [4.78, 5) is 32.5. The van der Waals surface area contributed by atoms with Crippen molar-refractivity contribution >= 4 is 34.3 Å². The smallest absolute Gasteiger partial charge is 0.340 e. The van der Waals surface area contributed by atoms with Crippen LogP contribution >= 0.6 is 0 Å². The molecule has 0 saturated carbocycles. The van der Waals surface area contributed by atoms with Gasteiger partial charge in [0, 0.05) is 28.9 Å². The van der Waals surface area contributed by atoms with Crippen molar-refractivity contribution in [2.24, 2.45) is 0 Å². The van der Waals surface area contributed by atoms with E-state index >= 15 is 0 Å². The van der Waals surface area contributed by atoms with E-state index < -0.39 is 12.0 Å². The van der Waals surface area contributed by atoms with Gasteiger partial charge < -0.3 is 20.4 Å². The molecule has 0 spiro atoms. The van der Waals surface area contributed by atoms with Gasteiger partial charge in [-0.3, -0.25) is 4.98 Å². The van der Waals surface area contributed by atoms with Crippen molar-refractivity contribution in [1.82, 2.24) is 9.97 Å². The summed E-state index contributed by atoms with van der Waals surface area (Å²) in [5, 5.41) is 6.53. The Balaban J connectivity index is 1.66. The zero-order valence-corrected chi connectivity index (χ0v) is 16.3. The molecule has 7 nitrogen and oxygen atoms in total. The number of carbonyl (C=O) groups is 2. The first-order chi connectivity index (χ1) is 14.7. The number of aromatic amines is 1. The first-order valence-corrected chi connectivity index (χ1v) is 9.52. The number of carbonyl (C=O) groups excluding carboxylic acids is 2. The molecule has 0 saturated heterocycles. The van der Waals surface area contributed by atoms with E-state index in [1.165, 1.54) is 0 Å². The molecule has 2 amide bonds. The molecule has 150 valence electrons. The molecule has 0 fully saturated rings. The molecule has 3 N–H and O–H groups in total. The van der Waals surface area contributed by atoms with Gasteiger partial charge in [-0.2, -0.15) is 0 Å². The standard InChI is InChI=1S/C23H20N4O3/c1-2-30-22(28)17-10-4-6-12-19(17)26-23(29)27-21-16-9-3-5-11-18(16)25-20(21)15-8-7-13-24-14-15/h3-14,25H,2H2,1H3,(H2,26,27,29). The van der Waals surface area contributed by atoms with Crippen LogP contribution in [0.15, 0.2) is 73.1 Å². The lowest BCUT2D eigenvalue weighted by Crippen LogP contribution is -2.21. The van der Waals surface area contributed by atoms with Gasteiger partial charge in [0.15, 0.2) is 0 Å². The maximum Gasteiger partial charge on any atom is 0.340 e. The van der Waals surface area contributed by atoms with Crippen LogP contribution in [0.4, 0.5) is 16.2 Å². The van der Waals surface area contributed by atoms with Gasteiger partial charge in [0.1, 0.15) is 0 Å². The number of pyridine rings is 1. The molecular weight excluding hydrogens is 380 g/mol. The minimum absolute atomic E-state index is 0.253. The number of H-pyrrole nitrogens is 1. The number of urea groups is 1. The zero-order valence-electron chi connectivity index (χ0n) is 16.3. The second-order valence-electron chi connectivity index (χ2n) is 6.51. The van der Waals surface area contributed by atoms with Crippen LogP contribution in [-0.2, 0) is 4.74 Å². The highest BCUT2D eigenvalue weighted by Gasteiger charge is 2.18. The summed E-state index contributed by atoms with van der Waals surface area (Å²) in [7, 11) is 0. The Hall–Kier alpha value is -4.13. The van der Waals surface area contributed by atoms with E-state index in [1.54, 1.807) is 43.6 Å². The average molecular weight is 400 g/mol. The molecule has 0 radical (unpaired) electrons. The summed E-state index contributed by atoms with van der Waals surface area (Å²) in [5.41, 5.74) is 3.77. The second-order valence-corrected chi connectivity index (χ2v) is 6.51. The van der Waals surface area contributed by atoms with Crippen LogP contribution in [-0.4, -0.2) is 28.6 Å². The second kappa shape index (κ2) is 8.48. The molecule has 0 unspecified atom stereocenters. The fraction of sp³-hybridized carbons (Fsp3) is 0.0870. The van der Waals surface area contributed by atoms with Crippen LogP contribution < -0.4 is 10.6 Å². The van der Waals surface area contributed by atoms with E-state index in [4.69, 9.17) is 4.74 Å². The van der Waals surface area contributed by atoms with Crippen LogP contribution in [0.3, 0.4) is 0 Å². The Bertz CT molecular complexity index is 1200. The van der Waals surface area contributed by atoms with Crippen LogP contribution in [0.5, 0.6) is 0 Å². The van der Waals surface area contributed by atoms with E-state index in [0.717, 1.165) is 22.2 Å².